The molecule has 0 saturated carbocycles. The van der Waals surface area contributed by atoms with Gasteiger partial charge in [-0.2, -0.15) is 0 Å². The fraction of sp³-hybridized carbons (Fsp3) is 0.216. The first-order chi connectivity index (χ1) is 21.6. The summed E-state index contributed by atoms with van der Waals surface area (Å²) in [6.07, 6.45) is 8.95. The van der Waals surface area contributed by atoms with Crippen molar-refractivity contribution in [2.24, 2.45) is 4.99 Å². The Morgan fingerprint density at radius 2 is 1.71 bits per heavy atom. The van der Waals surface area contributed by atoms with Crippen molar-refractivity contribution in [3.05, 3.63) is 119 Å². The number of nitrogens with zero attached hydrogens (tertiary/aromatic N) is 3. The van der Waals surface area contributed by atoms with Gasteiger partial charge in [0.25, 0.3) is 5.91 Å². The van der Waals surface area contributed by atoms with E-state index < -0.39 is 17.7 Å². The summed E-state index contributed by atoms with van der Waals surface area (Å²) in [5, 5.41) is 0. The molecule has 1 amide bonds. The molecule has 0 fully saturated rings. The van der Waals surface area contributed by atoms with E-state index in [2.05, 4.69) is 22.6 Å². The summed E-state index contributed by atoms with van der Waals surface area (Å²) in [4.78, 5) is 46.0. The summed E-state index contributed by atoms with van der Waals surface area (Å²) in [7, 11) is 0. The SMILES string of the molecule is CCC=Cc1nc2c(n1Cc1ccc(-c3ccccc3OC(=O)OC(C)(C)C)cc1)C/C(=N\C(=O)c1ccccc1C=O)C=C2. The number of aldehydes is 1. The van der Waals surface area contributed by atoms with Gasteiger partial charge in [0.15, 0.2) is 6.29 Å². The molecule has 8 heteroatoms. The Hall–Kier alpha value is -5.37. The van der Waals surface area contributed by atoms with Crippen molar-refractivity contribution in [1.82, 2.24) is 9.55 Å². The van der Waals surface area contributed by atoms with Crippen molar-refractivity contribution < 1.29 is 23.9 Å². The van der Waals surface area contributed by atoms with Crippen molar-refractivity contribution in [2.45, 2.75) is 52.7 Å². The number of carbonyl (C=O) groups excluding carboxylic acids is 3. The third-order valence-corrected chi connectivity index (χ3v) is 7.06. The van der Waals surface area contributed by atoms with Crippen molar-refractivity contribution in [2.75, 3.05) is 0 Å². The first-order valence-corrected chi connectivity index (χ1v) is 14.8. The average molecular weight is 602 g/mol. The van der Waals surface area contributed by atoms with Crippen molar-refractivity contribution in [1.29, 1.82) is 0 Å². The van der Waals surface area contributed by atoms with Crippen molar-refractivity contribution in [3.8, 4) is 16.9 Å². The molecule has 228 valence electrons. The standard InChI is InChI=1S/C37H35N3O5/c1-5-6-15-34-39-31-21-20-28(38-35(42)30-13-8-7-11-27(30)24-41)22-32(31)40(34)23-25-16-18-26(19-17-25)29-12-9-10-14-33(29)44-36(43)45-37(2,3)4/h6-21,24H,5,22-23H2,1-4H3/b15-6?,38-28-. The normalized spacial score (nSPS) is 13.6. The van der Waals surface area contributed by atoms with Gasteiger partial charge in [0.1, 0.15) is 17.2 Å². The molecule has 0 spiro atoms. The predicted octanol–water partition coefficient (Wildman–Crippen LogP) is 8.00. The molecule has 0 N–H and O–H groups in total. The van der Waals surface area contributed by atoms with Crippen LogP contribution in [0.2, 0.25) is 0 Å². The Bertz CT molecular complexity index is 1820. The van der Waals surface area contributed by atoms with E-state index in [1.54, 1.807) is 57.2 Å². The number of ether oxygens (including phenoxy) is 2. The van der Waals surface area contributed by atoms with Crippen LogP contribution < -0.4 is 4.74 Å². The van der Waals surface area contributed by atoms with Crippen LogP contribution in [0.5, 0.6) is 5.75 Å². The second-order valence-corrected chi connectivity index (χ2v) is 11.6. The lowest BCUT2D eigenvalue weighted by Gasteiger charge is -2.19. The van der Waals surface area contributed by atoms with Gasteiger partial charge >= 0.3 is 6.16 Å². The van der Waals surface area contributed by atoms with E-state index in [4.69, 9.17) is 14.5 Å². The van der Waals surface area contributed by atoms with Crippen LogP contribution in [0, 0.1) is 0 Å². The van der Waals surface area contributed by atoms with Crippen molar-refractivity contribution in [3.63, 3.8) is 0 Å². The molecule has 45 heavy (non-hydrogen) atoms. The molecule has 0 radical (unpaired) electrons. The van der Waals surface area contributed by atoms with E-state index in [9.17, 15) is 14.4 Å². The van der Waals surface area contributed by atoms with Crippen LogP contribution in [0.25, 0.3) is 23.3 Å². The van der Waals surface area contributed by atoms with Crippen LogP contribution in [0.15, 0.2) is 89.9 Å². The minimum Gasteiger partial charge on any atom is -0.428 e. The maximum atomic E-state index is 13.0. The molecule has 0 aliphatic heterocycles. The van der Waals surface area contributed by atoms with E-state index in [0.717, 1.165) is 40.3 Å². The van der Waals surface area contributed by atoms with E-state index in [1.807, 2.05) is 54.6 Å². The zero-order valence-electron chi connectivity index (χ0n) is 25.8. The number of rotatable bonds is 8. The van der Waals surface area contributed by atoms with Gasteiger partial charge < -0.3 is 14.0 Å². The van der Waals surface area contributed by atoms with Gasteiger partial charge in [-0.25, -0.2) is 14.8 Å². The second-order valence-electron chi connectivity index (χ2n) is 11.6. The van der Waals surface area contributed by atoms with Gasteiger partial charge in [0.05, 0.1) is 22.7 Å². The summed E-state index contributed by atoms with van der Waals surface area (Å²) in [5.41, 5.74) is 5.00. The molecule has 1 aromatic heterocycles. The molecule has 0 atom stereocenters. The molecule has 5 rings (SSSR count). The highest BCUT2D eigenvalue weighted by Crippen LogP contribution is 2.31. The second kappa shape index (κ2) is 13.5. The number of aromatic nitrogens is 2. The summed E-state index contributed by atoms with van der Waals surface area (Å²) in [6, 6.07) is 22.0. The van der Waals surface area contributed by atoms with E-state index >= 15 is 0 Å². The van der Waals surface area contributed by atoms with Crippen LogP contribution in [-0.4, -0.2) is 39.2 Å². The Labute approximate surface area is 262 Å². The third-order valence-electron chi connectivity index (χ3n) is 7.06. The summed E-state index contributed by atoms with van der Waals surface area (Å²) in [5.74, 6) is 0.772. The van der Waals surface area contributed by atoms with Crippen LogP contribution in [0.3, 0.4) is 0 Å². The van der Waals surface area contributed by atoms with Gasteiger partial charge in [-0.1, -0.05) is 73.7 Å². The highest BCUT2D eigenvalue weighted by atomic mass is 16.7. The minimum atomic E-state index is -0.754. The molecular formula is C37H35N3O5. The Balaban J connectivity index is 1.40. The van der Waals surface area contributed by atoms with Gasteiger partial charge in [-0.3, -0.25) is 9.59 Å². The molecule has 1 heterocycles. The number of fused-ring (bicyclic) bond motifs is 1. The number of carbonyl (C=O) groups is 3. The number of imidazole rings is 1. The summed E-state index contributed by atoms with van der Waals surface area (Å²) >= 11 is 0. The van der Waals surface area contributed by atoms with Crippen LogP contribution >= 0.6 is 0 Å². The maximum Gasteiger partial charge on any atom is 0.514 e. The first-order valence-electron chi connectivity index (χ1n) is 14.8. The van der Waals surface area contributed by atoms with Crippen LogP contribution in [-0.2, 0) is 17.7 Å². The molecular weight excluding hydrogens is 566 g/mol. The summed E-state index contributed by atoms with van der Waals surface area (Å²) in [6.45, 7) is 7.99. The summed E-state index contributed by atoms with van der Waals surface area (Å²) < 4.78 is 13.0. The topological polar surface area (TPSA) is 99.8 Å². The Kier molecular flexibility index (Phi) is 9.33. The number of benzene rings is 3. The molecule has 0 bridgehead atoms. The highest BCUT2D eigenvalue weighted by Gasteiger charge is 2.22. The lowest BCUT2D eigenvalue weighted by Crippen LogP contribution is -2.26. The minimum absolute atomic E-state index is 0.275. The molecule has 0 saturated heterocycles. The number of para-hydroxylation sites is 1. The van der Waals surface area contributed by atoms with E-state index in [0.29, 0.717) is 36.3 Å². The lowest BCUT2D eigenvalue weighted by atomic mass is 10.0. The quantitative estimate of drug-likeness (QED) is 0.115. The molecule has 3 aromatic carbocycles. The Morgan fingerprint density at radius 3 is 2.44 bits per heavy atom. The number of hydrogen-bond donors (Lipinski definition) is 0. The van der Waals surface area contributed by atoms with Crippen LogP contribution in [0.4, 0.5) is 4.79 Å². The van der Waals surface area contributed by atoms with Gasteiger partial charge in [0.2, 0.25) is 0 Å². The fourth-order valence-electron chi connectivity index (χ4n) is 4.97. The maximum absolute atomic E-state index is 13.0. The van der Waals surface area contributed by atoms with Gasteiger partial charge in [0, 0.05) is 24.1 Å². The van der Waals surface area contributed by atoms with E-state index in [1.165, 1.54) is 0 Å². The Morgan fingerprint density at radius 1 is 0.978 bits per heavy atom. The number of allylic oxidation sites excluding steroid dienone is 2. The average Bonchev–Trinajstić information content (AvgIpc) is 3.35. The fourth-order valence-corrected chi connectivity index (χ4v) is 4.97. The predicted molar refractivity (Wildman–Crippen MR) is 176 cm³/mol. The zero-order chi connectivity index (χ0) is 32.0. The van der Waals surface area contributed by atoms with Gasteiger partial charge in [-0.05, 0) is 68.7 Å². The van der Waals surface area contributed by atoms with Crippen molar-refractivity contribution >= 4 is 36.2 Å². The molecule has 1 aliphatic rings. The molecule has 8 nitrogen and oxygen atoms in total. The highest BCUT2D eigenvalue weighted by molar-refractivity contribution is 6.12. The molecule has 4 aromatic rings. The first kappa shape index (κ1) is 31.1. The van der Waals surface area contributed by atoms with Gasteiger partial charge in [-0.15, -0.1) is 0 Å². The van der Waals surface area contributed by atoms with Crippen LogP contribution in [0.1, 0.15) is 77.6 Å². The third kappa shape index (κ3) is 7.59. The number of amides is 1. The number of hydrogen-bond acceptors (Lipinski definition) is 6. The number of aliphatic imine (C=N–C) groups is 1. The molecule has 1 aliphatic carbocycles. The molecule has 0 unspecified atom stereocenters. The van der Waals surface area contributed by atoms with E-state index in [-0.39, 0.29) is 5.56 Å². The lowest BCUT2D eigenvalue weighted by molar-refractivity contribution is 0.0207. The monoisotopic (exact) mass is 601 g/mol. The smallest absolute Gasteiger partial charge is 0.428 e. The zero-order valence-corrected chi connectivity index (χ0v) is 25.8. The largest absolute Gasteiger partial charge is 0.514 e.